The minimum Gasteiger partial charge on any atom is -0.0622 e. The van der Waals surface area contributed by atoms with Crippen LogP contribution in [0.25, 0.3) is 5.57 Å². The smallest absolute Gasteiger partial charge is 0.0310 e. The maximum Gasteiger partial charge on any atom is 0.0310 e. The Hall–Kier alpha value is -1.82. The van der Waals surface area contributed by atoms with Crippen LogP contribution in [0, 0.1) is 5.92 Å². The summed E-state index contributed by atoms with van der Waals surface area (Å²) in [6.45, 7) is 2.39. The van der Waals surface area contributed by atoms with Gasteiger partial charge in [-0.3, -0.25) is 0 Å². The molecular formula is C20H20. The van der Waals surface area contributed by atoms with Gasteiger partial charge in [-0.2, -0.15) is 0 Å². The second-order valence-corrected chi connectivity index (χ2v) is 6.28. The number of hydrogen-bond donors (Lipinski definition) is 0. The van der Waals surface area contributed by atoms with E-state index in [4.69, 9.17) is 0 Å². The van der Waals surface area contributed by atoms with Crippen LogP contribution in [0.2, 0.25) is 0 Å². The SMILES string of the molecule is CC1CCC2=C(C1)c1ccccc1C2c1ccccc1. The molecular weight excluding hydrogens is 240 g/mol. The molecule has 0 spiro atoms. The van der Waals surface area contributed by atoms with Gasteiger partial charge in [-0.15, -0.1) is 0 Å². The summed E-state index contributed by atoms with van der Waals surface area (Å²) in [5.74, 6) is 1.34. The van der Waals surface area contributed by atoms with Crippen LogP contribution >= 0.6 is 0 Å². The zero-order chi connectivity index (χ0) is 13.5. The Bertz CT molecular complexity index is 663. The highest BCUT2D eigenvalue weighted by Crippen LogP contribution is 2.51. The van der Waals surface area contributed by atoms with Gasteiger partial charge in [0.25, 0.3) is 0 Å². The monoisotopic (exact) mass is 260 g/mol. The summed E-state index contributed by atoms with van der Waals surface area (Å²) in [6, 6.07) is 20.1. The molecule has 0 saturated heterocycles. The number of rotatable bonds is 1. The van der Waals surface area contributed by atoms with E-state index in [1.54, 1.807) is 11.1 Å². The van der Waals surface area contributed by atoms with Crippen molar-refractivity contribution >= 4 is 5.57 Å². The van der Waals surface area contributed by atoms with Gasteiger partial charge in [0.15, 0.2) is 0 Å². The fourth-order valence-corrected chi connectivity index (χ4v) is 3.97. The fraction of sp³-hybridized carbons (Fsp3) is 0.300. The first-order valence-electron chi connectivity index (χ1n) is 7.71. The van der Waals surface area contributed by atoms with Gasteiger partial charge in [0.1, 0.15) is 0 Å². The third-order valence-electron chi connectivity index (χ3n) is 4.92. The lowest BCUT2D eigenvalue weighted by molar-refractivity contribution is 0.519. The van der Waals surface area contributed by atoms with Crippen LogP contribution < -0.4 is 0 Å². The van der Waals surface area contributed by atoms with Gasteiger partial charge in [-0.25, -0.2) is 0 Å². The summed E-state index contributed by atoms with van der Waals surface area (Å²) in [5, 5.41) is 0. The molecule has 2 aromatic carbocycles. The standard InChI is InChI=1S/C20H20/c1-14-11-12-18-19(13-14)16-9-5-6-10-17(16)20(18)15-7-3-2-4-8-15/h2-10,14,20H,11-13H2,1H3. The predicted octanol–water partition coefficient (Wildman–Crippen LogP) is 5.41. The Labute approximate surface area is 121 Å². The van der Waals surface area contributed by atoms with E-state index in [0.717, 1.165) is 5.92 Å². The first-order chi connectivity index (χ1) is 9.84. The van der Waals surface area contributed by atoms with Gasteiger partial charge in [0, 0.05) is 5.92 Å². The van der Waals surface area contributed by atoms with Crippen molar-refractivity contribution in [1.82, 2.24) is 0 Å². The molecule has 0 fully saturated rings. The quantitative estimate of drug-likeness (QED) is 0.643. The first kappa shape index (κ1) is 12.0. The first-order valence-corrected chi connectivity index (χ1v) is 7.71. The highest BCUT2D eigenvalue weighted by Gasteiger charge is 2.34. The summed E-state index contributed by atoms with van der Waals surface area (Å²) in [7, 11) is 0. The second kappa shape index (κ2) is 4.63. The molecule has 0 radical (unpaired) electrons. The zero-order valence-electron chi connectivity index (χ0n) is 12.0. The van der Waals surface area contributed by atoms with Crippen LogP contribution in [-0.2, 0) is 0 Å². The fourth-order valence-electron chi connectivity index (χ4n) is 3.97. The van der Waals surface area contributed by atoms with Crippen molar-refractivity contribution in [3.05, 3.63) is 76.9 Å². The molecule has 0 nitrogen and oxygen atoms in total. The maximum absolute atomic E-state index is 2.39. The molecule has 2 aromatic rings. The molecule has 0 heteroatoms. The van der Waals surface area contributed by atoms with E-state index in [0.29, 0.717) is 5.92 Å². The summed E-state index contributed by atoms with van der Waals surface area (Å²) in [6.07, 6.45) is 3.87. The third-order valence-corrected chi connectivity index (χ3v) is 4.92. The summed E-state index contributed by atoms with van der Waals surface area (Å²) >= 11 is 0. The van der Waals surface area contributed by atoms with Gasteiger partial charge in [0.05, 0.1) is 0 Å². The Morgan fingerprint density at radius 1 is 0.900 bits per heavy atom. The van der Waals surface area contributed by atoms with Crippen LogP contribution in [0.1, 0.15) is 48.8 Å². The number of benzene rings is 2. The average molecular weight is 260 g/mol. The van der Waals surface area contributed by atoms with Crippen molar-refractivity contribution in [3.8, 4) is 0 Å². The summed E-state index contributed by atoms with van der Waals surface area (Å²) in [4.78, 5) is 0. The highest BCUT2D eigenvalue weighted by atomic mass is 14.4. The molecule has 0 N–H and O–H groups in total. The maximum atomic E-state index is 2.39. The van der Waals surface area contributed by atoms with E-state index in [1.165, 1.54) is 36.0 Å². The van der Waals surface area contributed by atoms with E-state index in [1.807, 2.05) is 0 Å². The van der Waals surface area contributed by atoms with Crippen LogP contribution in [0.5, 0.6) is 0 Å². The largest absolute Gasteiger partial charge is 0.0622 e. The van der Waals surface area contributed by atoms with Crippen molar-refractivity contribution in [2.45, 2.75) is 32.1 Å². The van der Waals surface area contributed by atoms with E-state index in [9.17, 15) is 0 Å². The topological polar surface area (TPSA) is 0 Å². The summed E-state index contributed by atoms with van der Waals surface area (Å²) < 4.78 is 0. The molecule has 4 rings (SSSR count). The normalized spacial score (nSPS) is 24.4. The minimum atomic E-state index is 0.509. The van der Waals surface area contributed by atoms with E-state index in [-0.39, 0.29) is 0 Å². The van der Waals surface area contributed by atoms with Gasteiger partial charge in [-0.05, 0) is 47.4 Å². The van der Waals surface area contributed by atoms with Crippen LogP contribution in [0.4, 0.5) is 0 Å². The van der Waals surface area contributed by atoms with Gasteiger partial charge in [0.2, 0.25) is 0 Å². The molecule has 0 heterocycles. The lowest BCUT2D eigenvalue weighted by atomic mass is 9.80. The third kappa shape index (κ3) is 1.75. The molecule has 100 valence electrons. The van der Waals surface area contributed by atoms with Crippen molar-refractivity contribution in [1.29, 1.82) is 0 Å². The second-order valence-electron chi connectivity index (χ2n) is 6.28. The Balaban J connectivity index is 1.90. The summed E-state index contributed by atoms with van der Waals surface area (Å²) in [5.41, 5.74) is 7.84. The minimum absolute atomic E-state index is 0.509. The van der Waals surface area contributed by atoms with Gasteiger partial charge < -0.3 is 0 Å². The van der Waals surface area contributed by atoms with Gasteiger partial charge in [-0.1, -0.05) is 67.1 Å². The number of hydrogen-bond acceptors (Lipinski definition) is 0. The van der Waals surface area contributed by atoms with E-state index < -0.39 is 0 Å². The highest BCUT2D eigenvalue weighted by molar-refractivity contribution is 5.80. The Morgan fingerprint density at radius 2 is 1.65 bits per heavy atom. The molecule has 0 amide bonds. The molecule has 2 aliphatic carbocycles. The molecule has 0 saturated carbocycles. The number of allylic oxidation sites excluding steroid dienone is 2. The molecule has 0 aromatic heterocycles. The van der Waals surface area contributed by atoms with Crippen molar-refractivity contribution < 1.29 is 0 Å². The molecule has 0 bridgehead atoms. The lowest BCUT2D eigenvalue weighted by Gasteiger charge is -2.24. The van der Waals surface area contributed by atoms with Crippen molar-refractivity contribution in [2.24, 2.45) is 5.92 Å². The van der Waals surface area contributed by atoms with Crippen LogP contribution in [-0.4, -0.2) is 0 Å². The predicted molar refractivity (Wildman–Crippen MR) is 84.7 cm³/mol. The molecule has 2 unspecified atom stereocenters. The van der Waals surface area contributed by atoms with Crippen LogP contribution in [0.3, 0.4) is 0 Å². The molecule has 0 aliphatic heterocycles. The van der Waals surface area contributed by atoms with Crippen LogP contribution in [0.15, 0.2) is 60.2 Å². The Kier molecular flexibility index (Phi) is 2.77. The zero-order valence-corrected chi connectivity index (χ0v) is 12.0. The van der Waals surface area contributed by atoms with Gasteiger partial charge >= 0.3 is 0 Å². The molecule has 2 aliphatic rings. The van der Waals surface area contributed by atoms with E-state index >= 15 is 0 Å². The lowest BCUT2D eigenvalue weighted by Crippen LogP contribution is -2.07. The molecule has 2 atom stereocenters. The number of fused-ring (bicyclic) bond motifs is 2. The van der Waals surface area contributed by atoms with Crippen molar-refractivity contribution in [3.63, 3.8) is 0 Å². The average Bonchev–Trinajstić information content (AvgIpc) is 2.82. The van der Waals surface area contributed by atoms with Crippen molar-refractivity contribution in [2.75, 3.05) is 0 Å². The Morgan fingerprint density at radius 3 is 2.50 bits per heavy atom. The van der Waals surface area contributed by atoms with E-state index in [2.05, 4.69) is 61.5 Å². The molecule has 20 heavy (non-hydrogen) atoms.